The van der Waals surface area contributed by atoms with Gasteiger partial charge in [0.2, 0.25) is 0 Å². The van der Waals surface area contributed by atoms with Gasteiger partial charge in [0.1, 0.15) is 18.5 Å². The molecule has 4 heteroatoms. The molecular weight excluding hydrogens is 396 g/mol. The van der Waals surface area contributed by atoms with Gasteiger partial charge in [-0.05, 0) is 72.6 Å². The number of likely N-dealkylation sites (N-methyl/N-ethyl adjacent to an activating group) is 1. The van der Waals surface area contributed by atoms with Crippen LogP contribution in [0, 0.1) is 11.3 Å². The monoisotopic (exact) mass is 442 g/mol. The molecule has 1 aromatic rings. The van der Waals surface area contributed by atoms with Gasteiger partial charge in [-0.25, -0.2) is 0 Å². The highest BCUT2D eigenvalue weighted by molar-refractivity contribution is 5.51. The van der Waals surface area contributed by atoms with Gasteiger partial charge in [0.15, 0.2) is 0 Å². The first-order valence-corrected chi connectivity index (χ1v) is 13.0. The number of aliphatic hydroxyl groups is 1. The van der Waals surface area contributed by atoms with E-state index in [2.05, 4.69) is 63.6 Å². The first-order chi connectivity index (χ1) is 15.1. The van der Waals surface area contributed by atoms with Gasteiger partial charge < -0.3 is 14.7 Å². The molecule has 0 radical (unpaired) electrons. The van der Waals surface area contributed by atoms with Gasteiger partial charge in [0.05, 0.1) is 0 Å². The molecule has 180 valence electrons. The first kappa shape index (κ1) is 24.0. The summed E-state index contributed by atoms with van der Waals surface area (Å²) in [7, 11) is 2.16. The van der Waals surface area contributed by atoms with E-state index in [1.807, 2.05) is 0 Å². The minimum Gasteiger partial charge on any atom is -0.491 e. The average Bonchev–Trinajstić information content (AvgIpc) is 2.72. The topological polar surface area (TPSA) is 35.9 Å². The van der Waals surface area contributed by atoms with Crippen molar-refractivity contribution in [3.05, 3.63) is 28.8 Å². The minimum absolute atomic E-state index is 0.276. The summed E-state index contributed by atoms with van der Waals surface area (Å²) in [6, 6.07) is 4.59. The number of ether oxygens (including phenoxy) is 1. The molecule has 32 heavy (non-hydrogen) atoms. The van der Waals surface area contributed by atoms with Gasteiger partial charge in [-0.2, -0.15) is 0 Å². The zero-order chi connectivity index (χ0) is 23.1. The third-order valence-corrected chi connectivity index (χ3v) is 8.92. The van der Waals surface area contributed by atoms with E-state index >= 15 is 0 Å². The highest BCUT2D eigenvalue weighted by Crippen LogP contribution is 2.58. The Morgan fingerprint density at radius 3 is 2.50 bits per heavy atom. The maximum atomic E-state index is 10.7. The summed E-state index contributed by atoms with van der Waals surface area (Å²) in [6.45, 7) is 17.4. The molecule has 0 aromatic heterocycles. The van der Waals surface area contributed by atoms with Crippen LogP contribution in [0.5, 0.6) is 5.75 Å². The molecule has 3 aliphatic rings. The van der Waals surface area contributed by atoms with Crippen LogP contribution < -0.4 is 4.74 Å². The average molecular weight is 443 g/mol. The summed E-state index contributed by atoms with van der Waals surface area (Å²) >= 11 is 0. The van der Waals surface area contributed by atoms with Crippen LogP contribution in [0.3, 0.4) is 0 Å². The molecule has 1 aromatic carbocycles. The molecule has 3 atom stereocenters. The van der Waals surface area contributed by atoms with Crippen molar-refractivity contribution in [2.75, 3.05) is 46.4 Å². The Balaban J connectivity index is 1.51. The van der Waals surface area contributed by atoms with Crippen molar-refractivity contribution in [3.8, 4) is 5.75 Å². The summed E-state index contributed by atoms with van der Waals surface area (Å²) in [6.07, 6.45) is 5.98. The van der Waals surface area contributed by atoms with E-state index in [4.69, 9.17) is 4.74 Å². The molecule has 0 amide bonds. The molecule has 0 spiro atoms. The van der Waals surface area contributed by atoms with Crippen LogP contribution in [0.1, 0.15) is 82.9 Å². The van der Waals surface area contributed by atoms with Crippen LogP contribution in [-0.2, 0) is 11.8 Å². The van der Waals surface area contributed by atoms with Crippen LogP contribution in [0.2, 0.25) is 0 Å². The van der Waals surface area contributed by atoms with Crippen molar-refractivity contribution in [3.63, 3.8) is 0 Å². The summed E-state index contributed by atoms with van der Waals surface area (Å²) in [5.41, 5.74) is 5.21. The van der Waals surface area contributed by atoms with Gasteiger partial charge in [0.25, 0.3) is 0 Å². The lowest BCUT2D eigenvalue weighted by molar-refractivity contribution is 0.0398. The van der Waals surface area contributed by atoms with Crippen molar-refractivity contribution in [2.24, 2.45) is 11.3 Å². The highest BCUT2D eigenvalue weighted by Gasteiger charge is 2.50. The van der Waals surface area contributed by atoms with Gasteiger partial charge >= 0.3 is 0 Å². The molecule has 4 nitrogen and oxygen atoms in total. The fraction of sp³-hybridized carbons (Fsp3) is 0.786. The largest absolute Gasteiger partial charge is 0.491 e. The number of hydrogen-bond donors (Lipinski definition) is 1. The molecule has 1 aliphatic heterocycles. The van der Waals surface area contributed by atoms with Crippen LogP contribution in [0.25, 0.3) is 0 Å². The zero-order valence-corrected chi connectivity index (χ0v) is 21.4. The van der Waals surface area contributed by atoms with Crippen molar-refractivity contribution in [2.45, 2.75) is 84.2 Å². The standard InChI is InChI=1S/C28H46N2O2/c1-20(2)26-22-8-11-25-27(3,4)12-7-13-28(25,5)23(22)9-10-24(26)32-19-21(31)18-30-16-14-29(6)15-17-30/h9-10,20-21,25,31H,7-8,11-19H2,1-6H3/t21?,25?,28-/m1/s1. The first-order valence-electron chi connectivity index (χ1n) is 13.0. The van der Waals surface area contributed by atoms with Crippen molar-refractivity contribution in [1.29, 1.82) is 0 Å². The molecule has 1 heterocycles. The lowest BCUT2D eigenvalue weighted by atomic mass is 9.50. The molecule has 2 unspecified atom stereocenters. The molecule has 2 fully saturated rings. The molecular formula is C28H46N2O2. The van der Waals surface area contributed by atoms with E-state index in [9.17, 15) is 5.11 Å². The Bertz CT molecular complexity index is 797. The van der Waals surface area contributed by atoms with Crippen LogP contribution >= 0.6 is 0 Å². The van der Waals surface area contributed by atoms with Crippen LogP contribution in [0.4, 0.5) is 0 Å². The third-order valence-electron chi connectivity index (χ3n) is 8.92. The molecule has 1 N–H and O–H groups in total. The quantitative estimate of drug-likeness (QED) is 0.685. The fourth-order valence-corrected chi connectivity index (χ4v) is 7.22. The number of aliphatic hydroxyl groups excluding tert-OH is 1. The minimum atomic E-state index is -0.449. The number of rotatable bonds is 6. The number of hydrogen-bond acceptors (Lipinski definition) is 4. The van der Waals surface area contributed by atoms with Gasteiger partial charge in [-0.15, -0.1) is 0 Å². The van der Waals surface area contributed by atoms with E-state index in [1.165, 1.54) is 31.2 Å². The van der Waals surface area contributed by atoms with Gasteiger partial charge in [-0.3, -0.25) is 4.90 Å². The lowest BCUT2D eigenvalue weighted by Crippen LogP contribution is -2.48. The lowest BCUT2D eigenvalue weighted by Gasteiger charge is -2.54. The Labute approximate surface area is 196 Å². The summed E-state index contributed by atoms with van der Waals surface area (Å²) < 4.78 is 6.31. The maximum absolute atomic E-state index is 10.7. The second kappa shape index (κ2) is 9.27. The maximum Gasteiger partial charge on any atom is 0.123 e. The molecule has 0 bridgehead atoms. The van der Waals surface area contributed by atoms with E-state index < -0.39 is 6.10 Å². The number of fused-ring (bicyclic) bond motifs is 3. The number of benzene rings is 1. The Hall–Kier alpha value is -1.10. The molecule has 1 saturated heterocycles. The van der Waals surface area contributed by atoms with Gasteiger partial charge in [0, 0.05) is 38.3 Å². The molecule has 1 saturated carbocycles. The number of nitrogens with zero attached hydrogens (tertiary/aromatic N) is 2. The third kappa shape index (κ3) is 4.60. The van der Waals surface area contributed by atoms with E-state index in [0.29, 0.717) is 24.5 Å². The second-order valence-corrected chi connectivity index (χ2v) is 12.1. The van der Waals surface area contributed by atoms with Crippen molar-refractivity contribution in [1.82, 2.24) is 9.80 Å². The summed E-state index contributed by atoms with van der Waals surface area (Å²) in [5.74, 6) is 2.17. The summed E-state index contributed by atoms with van der Waals surface area (Å²) in [4.78, 5) is 4.70. The second-order valence-electron chi connectivity index (χ2n) is 12.1. The zero-order valence-electron chi connectivity index (χ0n) is 21.4. The van der Waals surface area contributed by atoms with Crippen LogP contribution in [0.15, 0.2) is 12.1 Å². The van der Waals surface area contributed by atoms with E-state index in [-0.39, 0.29) is 5.41 Å². The van der Waals surface area contributed by atoms with Crippen molar-refractivity contribution < 1.29 is 9.84 Å². The summed E-state index contributed by atoms with van der Waals surface area (Å²) in [5, 5.41) is 10.7. The SMILES string of the molecule is CC(C)c1c(OCC(O)CN2CCN(C)CC2)ccc2c1CCC1C(C)(C)CCC[C@]21C. The van der Waals surface area contributed by atoms with E-state index in [1.54, 1.807) is 11.1 Å². The highest BCUT2D eigenvalue weighted by atomic mass is 16.5. The number of β-amino-alcohol motifs (C(OH)–C–C–N with tert-alkyl or cyclic N) is 1. The van der Waals surface area contributed by atoms with Crippen molar-refractivity contribution >= 4 is 0 Å². The Morgan fingerprint density at radius 2 is 1.81 bits per heavy atom. The normalized spacial score (nSPS) is 29.4. The van der Waals surface area contributed by atoms with Gasteiger partial charge in [-0.1, -0.05) is 47.1 Å². The van der Waals surface area contributed by atoms with E-state index in [0.717, 1.165) is 44.3 Å². The predicted molar refractivity (Wildman–Crippen MR) is 133 cm³/mol. The smallest absolute Gasteiger partial charge is 0.123 e. The molecule has 4 rings (SSSR count). The molecule has 2 aliphatic carbocycles. The Morgan fingerprint density at radius 1 is 1.09 bits per heavy atom. The number of piperazine rings is 1. The van der Waals surface area contributed by atoms with Crippen LogP contribution in [-0.4, -0.2) is 67.4 Å². The fourth-order valence-electron chi connectivity index (χ4n) is 7.22. The Kier molecular flexibility index (Phi) is 6.96. The predicted octanol–water partition coefficient (Wildman–Crippen LogP) is 4.83.